The molecule has 0 saturated carbocycles. The molecule has 0 aromatic carbocycles. The molecule has 4 N–H and O–H groups in total. The van der Waals surface area contributed by atoms with Crippen LogP contribution in [-0.4, -0.2) is 46.5 Å². The van der Waals surface area contributed by atoms with Gasteiger partial charge in [-0.2, -0.15) is 5.10 Å². The molecule has 1 heterocycles. The van der Waals surface area contributed by atoms with E-state index in [1.807, 2.05) is 6.92 Å². The van der Waals surface area contributed by atoms with Crippen molar-refractivity contribution in [2.45, 2.75) is 19.6 Å². The number of nitrogens with one attached hydrogen (secondary N) is 1. The number of hydrogen-bond donors (Lipinski definition) is 3. The van der Waals surface area contributed by atoms with Crippen molar-refractivity contribution in [3.63, 3.8) is 0 Å². The molecule has 100 valence electrons. The lowest BCUT2D eigenvalue weighted by Gasteiger charge is -2.08. The van der Waals surface area contributed by atoms with E-state index in [2.05, 4.69) is 15.2 Å². The lowest BCUT2D eigenvalue weighted by Crippen LogP contribution is -2.37. The highest BCUT2D eigenvalue weighted by atomic mass is 16.5. The van der Waals surface area contributed by atoms with Crippen LogP contribution in [0, 0.1) is 0 Å². The quantitative estimate of drug-likeness (QED) is 0.566. The Morgan fingerprint density at radius 3 is 2.83 bits per heavy atom. The van der Waals surface area contributed by atoms with Crippen molar-refractivity contribution < 1.29 is 19.4 Å². The summed E-state index contributed by atoms with van der Waals surface area (Å²) in [5.74, 6) is -1.37. The van der Waals surface area contributed by atoms with E-state index in [0.29, 0.717) is 6.54 Å². The summed E-state index contributed by atoms with van der Waals surface area (Å²) >= 11 is 0. The van der Waals surface area contributed by atoms with Crippen LogP contribution < -0.4 is 11.1 Å². The molecule has 1 rings (SSSR count). The van der Waals surface area contributed by atoms with E-state index in [0.717, 1.165) is 7.11 Å². The van der Waals surface area contributed by atoms with Crippen LogP contribution in [0.15, 0.2) is 6.20 Å². The monoisotopic (exact) mass is 256 g/mol. The molecule has 0 aliphatic rings. The number of ether oxygens (including phenoxy) is 1. The van der Waals surface area contributed by atoms with Crippen LogP contribution in [0.5, 0.6) is 0 Å². The number of hydrogen-bond acceptors (Lipinski definition) is 6. The van der Waals surface area contributed by atoms with Crippen molar-refractivity contribution >= 4 is 17.6 Å². The molecule has 0 fully saturated rings. The van der Waals surface area contributed by atoms with E-state index in [-0.39, 0.29) is 17.9 Å². The van der Waals surface area contributed by atoms with E-state index in [1.165, 1.54) is 10.9 Å². The Kier molecular flexibility index (Phi) is 4.67. The first-order valence-corrected chi connectivity index (χ1v) is 5.36. The summed E-state index contributed by atoms with van der Waals surface area (Å²) in [5, 5.41) is 15.6. The Balaban J connectivity index is 2.60. The third-order valence-corrected chi connectivity index (χ3v) is 2.26. The van der Waals surface area contributed by atoms with E-state index in [4.69, 9.17) is 5.73 Å². The zero-order valence-corrected chi connectivity index (χ0v) is 10.2. The maximum absolute atomic E-state index is 11.7. The van der Waals surface area contributed by atoms with E-state index in [1.54, 1.807) is 0 Å². The number of nitrogens with zero attached hydrogens (tertiary/aromatic N) is 2. The summed E-state index contributed by atoms with van der Waals surface area (Å²) in [7, 11) is 1.15. The second-order valence-electron chi connectivity index (χ2n) is 3.54. The number of methoxy groups -OCH3 is 1. The Bertz CT molecular complexity index is 443. The molecule has 1 amide bonds. The van der Waals surface area contributed by atoms with Crippen LogP contribution in [0.2, 0.25) is 0 Å². The minimum Gasteiger partial charge on any atom is -0.467 e. The molecule has 0 saturated heterocycles. The van der Waals surface area contributed by atoms with Gasteiger partial charge in [-0.25, -0.2) is 4.79 Å². The maximum Gasteiger partial charge on any atom is 0.336 e. The Hall–Kier alpha value is -2.09. The molecule has 1 aromatic rings. The molecule has 0 radical (unpaired) electrons. The lowest BCUT2D eigenvalue weighted by atomic mass is 10.3. The lowest BCUT2D eigenvalue weighted by molar-refractivity contribution is -0.149. The van der Waals surface area contributed by atoms with Crippen LogP contribution in [0.3, 0.4) is 0 Å². The third kappa shape index (κ3) is 3.20. The average Bonchev–Trinajstić information content (AvgIpc) is 2.75. The Labute approximate surface area is 104 Å². The van der Waals surface area contributed by atoms with Gasteiger partial charge in [0.1, 0.15) is 0 Å². The number of anilines is 1. The summed E-state index contributed by atoms with van der Waals surface area (Å²) < 4.78 is 5.83. The normalized spacial score (nSPS) is 11.9. The first-order chi connectivity index (χ1) is 8.49. The molecule has 0 aliphatic carbocycles. The van der Waals surface area contributed by atoms with Crippen LogP contribution in [0.1, 0.15) is 17.4 Å². The third-order valence-electron chi connectivity index (χ3n) is 2.26. The van der Waals surface area contributed by atoms with E-state index >= 15 is 0 Å². The molecular formula is C10H16N4O4. The van der Waals surface area contributed by atoms with Crippen molar-refractivity contribution in [1.29, 1.82) is 0 Å². The molecule has 8 heteroatoms. The van der Waals surface area contributed by atoms with Gasteiger partial charge >= 0.3 is 5.97 Å². The van der Waals surface area contributed by atoms with E-state index < -0.39 is 18.0 Å². The predicted octanol–water partition coefficient (Wildman–Crippen LogP) is -1.25. The number of nitrogen functional groups attached to an aromatic ring is 1. The highest BCUT2D eigenvalue weighted by molar-refractivity contribution is 5.97. The van der Waals surface area contributed by atoms with Gasteiger partial charge in [-0.1, -0.05) is 0 Å². The summed E-state index contributed by atoms with van der Waals surface area (Å²) in [4.78, 5) is 22.6. The zero-order chi connectivity index (χ0) is 13.7. The van der Waals surface area contributed by atoms with Gasteiger partial charge in [0.2, 0.25) is 0 Å². The van der Waals surface area contributed by atoms with Crippen molar-refractivity contribution in [2.75, 3.05) is 19.4 Å². The topological polar surface area (TPSA) is 119 Å². The number of carbonyl (C=O) groups excluding carboxylic acids is 2. The number of nitrogens with two attached hydrogens (primary N) is 1. The largest absolute Gasteiger partial charge is 0.467 e. The second-order valence-corrected chi connectivity index (χ2v) is 3.54. The van der Waals surface area contributed by atoms with Crippen LogP contribution in [0.4, 0.5) is 5.69 Å². The molecule has 0 bridgehead atoms. The number of aromatic nitrogens is 2. The minimum atomic E-state index is -1.41. The highest BCUT2D eigenvalue weighted by Crippen LogP contribution is 2.08. The molecule has 1 atom stereocenters. The fourth-order valence-electron chi connectivity index (χ4n) is 1.27. The van der Waals surface area contributed by atoms with Crippen molar-refractivity contribution in [3.05, 3.63) is 11.9 Å². The Morgan fingerprint density at radius 2 is 2.33 bits per heavy atom. The van der Waals surface area contributed by atoms with Crippen molar-refractivity contribution in [2.24, 2.45) is 0 Å². The van der Waals surface area contributed by atoms with Gasteiger partial charge in [-0.3, -0.25) is 9.48 Å². The summed E-state index contributed by atoms with van der Waals surface area (Å²) in [6.07, 6.45) is 0.125. The van der Waals surface area contributed by atoms with Gasteiger partial charge in [-0.15, -0.1) is 0 Å². The first-order valence-electron chi connectivity index (χ1n) is 5.36. The van der Waals surface area contributed by atoms with Crippen LogP contribution >= 0.6 is 0 Å². The Morgan fingerprint density at radius 1 is 1.67 bits per heavy atom. The SMILES string of the molecule is CCn1cc(N)c(C(=O)NCC(O)C(=O)OC)n1. The number of rotatable bonds is 5. The maximum atomic E-state index is 11.7. The fraction of sp³-hybridized carbons (Fsp3) is 0.500. The number of aliphatic hydroxyl groups excluding tert-OH is 1. The number of carbonyl (C=O) groups is 2. The molecule has 1 aromatic heterocycles. The number of aliphatic hydroxyl groups is 1. The smallest absolute Gasteiger partial charge is 0.336 e. The predicted molar refractivity (Wildman–Crippen MR) is 62.7 cm³/mol. The molecule has 8 nitrogen and oxygen atoms in total. The molecule has 0 aliphatic heterocycles. The highest BCUT2D eigenvalue weighted by Gasteiger charge is 2.19. The fourth-order valence-corrected chi connectivity index (χ4v) is 1.27. The second kappa shape index (κ2) is 6.01. The minimum absolute atomic E-state index is 0.0638. The molecule has 0 spiro atoms. The van der Waals surface area contributed by atoms with Gasteiger partial charge in [-0.05, 0) is 6.92 Å². The van der Waals surface area contributed by atoms with Gasteiger partial charge in [0.25, 0.3) is 5.91 Å². The summed E-state index contributed by atoms with van der Waals surface area (Å²) in [6.45, 7) is 2.18. The number of aryl methyl sites for hydroxylation is 1. The summed E-state index contributed by atoms with van der Waals surface area (Å²) in [6, 6.07) is 0. The van der Waals surface area contributed by atoms with Crippen molar-refractivity contribution in [3.8, 4) is 0 Å². The number of esters is 1. The standard InChI is InChI=1S/C10H16N4O4/c1-3-14-5-6(11)8(13-14)9(16)12-4-7(15)10(17)18-2/h5,7,15H,3-4,11H2,1-2H3,(H,12,16). The molecular weight excluding hydrogens is 240 g/mol. The van der Waals surface area contributed by atoms with Gasteiger partial charge < -0.3 is 20.9 Å². The van der Waals surface area contributed by atoms with Crippen LogP contribution in [0.25, 0.3) is 0 Å². The van der Waals surface area contributed by atoms with Crippen LogP contribution in [-0.2, 0) is 16.1 Å². The molecule has 18 heavy (non-hydrogen) atoms. The van der Waals surface area contributed by atoms with Gasteiger partial charge in [0, 0.05) is 12.7 Å². The zero-order valence-electron chi connectivity index (χ0n) is 10.2. The number of amides is 1. The van der Waals surface area contributed by atoms with Gasteiger partial charge in [0.15, 0.2) is 11.8 Å². The summed E-state index contributed by atoms with van der Waals surface area (Å²) in [5.41, 5.74) is 5.91. The average molecular weight is 256 g/mol. The first kappa shape index (κ1) is 14.0. The van der Waals surface area contributed by atoms with Crippen molar-refractivity contribution in [1.82, 2.24) is 15.1 Å². The van der Waals surface area contributed by atoms with E-state index in [9.17, 15) is 14.7 Å². The van der Waals surface area contributed by atoms with Gasteiger partial charge in [0.05, 0.1) is 19.3 Å². The molecule has 1 unspecified atom stereocenters.